The average Bonchev–Trinajstić information content (AvgIpc) is 2.59. The van der Waals surface area contributed by atoms with Crippen LogP contribution in [0.3, 0.4) is 0 Å². The van der Waals surface area contributed by atoms with Gasteiger partial charge in [-0.25, -0.2) is 4.79 Å². The van der Waals surface area contributed by atoms with Gasteiger partial charge in [-0.05, 0) is 0 Å². The number of guanidine groups is 1. The van der Waals surface area contributed by atoms with Crippen LogP contribution in [0.5, 0.6) is 5.75 Å². The highest BCUT2D eigenvalue weighted by atomic mass is 16.5. The number of rotatable bonds is 3. The van der Waals surface area contributed by atoms with Crippen LogP contribution in [0.25, 0.3) is 0 Å². The molecule has 8 heteroatoms. The molecule has 6 N–H and O–H groups in total. The van der Waals surface area contributed by atoms with Crippen LogP contribution >= 0.6 is 0 Å². The third-order valence-electron chi connectivity index (χ3n) is 1.66. The SMILES string of the molecule is COC(=O)C(NC(=N)N)c1n[nH]cc1O. The number of H-pyrrole nitrogens is 1. The summed E-state index contributed by atoms with van der Waals surface area (Å²) in [6.07, 6.45) is 1.20. The van der Waals surface area contributed by atoms with Crippen LogP contribution in [0.1, 0.15) is 11.7 Å². The normalized spacial score (nSPS) is 11.8. The number of carbonyl (C=O) groups excluding carboxylic acids is 1. The van der Waals surface area contributed by atoms with Crippen LogP contribution < -0.4 is 11.1 Å². The molecular weight excluding hydrogens is 202 g/mol. The Hall–Kier alpha value is -2.25. The van der Waals surface area contributed by atoms with Crippen molar-refractivity contribution in [2.45, 2.75) is 6.04 Å². The molecule has 1 rings (SSSR count). The molecule has 0 fully saturated rings. The van der Waals surface area contributed by atoms with Gasteiger partial charge >= 0.3 is 5.97 Å². The van der Waals surface area contributed by atoms with Gasteiger partial charge in [0.25, 0.3) is 0 Å². The number of aromatic amines is 1. The van der Waals surface area contributed by atoms with E-state index in [9.17, 15) is 9.90 Å². The van der Waals surface area contributed by atoms with E-state index >= 15 is 0 Å². The minimum Gasteiger partial charge on any atom is -0.504 e. The van der Waals surface area contributed by atoms with Crippen molar-refractivity contribution < 1.29 is 14.6 Å². The molecule has 1 aromatic rings. The van der Waals surface area contributed by atoms with E-state index in [1.807, 2.05) is 0 Å². The highest BCUT2D eigenvalue weighted by Crippen LogP contribution is 2.21. The van der Waals surface area contributed by atoms with Gasteiger partial charge in [0, 0.05) is 0 Å². The van der Waals surface area contributed by atoms with Crippen molar-refractivity contribution in [1.82, 2.24) is 15.5 Å². The first kappa shape index (κ1) is 10.8. The summed E-state index contributed by atoms with van der Waals surface area (Å²) >= 11 is 0. The Morgan fingerprint density at radius 2 is 2.53 bits per heavy atom. The first-order chi connectivity index (χ1) is 7.06. The number of nitrogens with zero attached hydrogens (tertiary/aromatic N) is 1. The van der Waals surface area contributed by atoms with Gasteiger partial charge in [-0.1, -0.05) is 0 Å². The summed E-state index contributed by atoms with van der Waals surface area (Å²) in [7, 11) is 1.18. The first-order valence-corrected chi connectivity index (χ1v) is 3.97. The molecule has 0 saturated carbocycles. The number of esters is 1. The monoisotopic (exact) mass is 213 g/mol. The van der Waals surface area contributed by atoms with E-state index in [2.05, 4.69) is 20.3 Å². The molecule has 0 saturated heterocycles. The third kappa shape index (κ3) is 2.36. The van der Waals surface area contributed by atoms with Crippen LogP contribution in [-0.2, 0) is 9.53 Å². The second-order valence-electron chi connectivity index (χ2n) is 2.67. The van der Waals surface area contributed by atoms with Crippen LogP contribution in [0.15, 0.2) is 6.20 Å². The molecule has 8 nitrogen and oxygen atoms in total. The number of nitrogens with two attached hydrogens (primary N) is 1. The molecule has 0 aliphatic carbocycles. The Balaban J connectivity index is 2.96. The summed E-state index contributed by atoms with van der Waals surface area (Å²) in [6.45, 7) is 0. The third-order valence-corrected chi connectivity index (χ3v) is 1.66. The second kappa shape index (κ2) is 4.31. The molecular formula is C7H11N5O3. The average molecular weight is 213 g/mol. The molecule has 0 amide bonds. The molecule has 1 unspecified atom stereocenters. The van der Waals surface area contributed by atoms with Gasteiger partial charge in [0.05, 0.1) is 13.3 Å². The molecule has 1 atom stereocenters. The Bertz CT molecular complexity index is 374. The smallest absolute Gasteiger partial charge is 0.334 e. The standard InChI is InChI=1S/C7H11N5O3/c1-15-6(14)5(11-7(8)9)4-3(13)2-10-12-4/h2,5,13H,1H3,(H,10,12)(H4,8,9,11). The molecule has 0 radical (unpaired) electrons. The van der Waals surface area contributed by atoms with Gasteiger partial charge in [0.15, 0.2) is 17.8 Å². The van der Waals surface area contributed by atoms with Crippen molar-refractivity contribution in [1.29, 1.82) is 5.41 Å². The highest BCUT2D eigenvalue weighted by Gasteiger charge is 2.26. The molecule has 0 spiro atoms. The van der Waals surface area contributed by atoms with Crippen LogP contribution in [0, 0.1) is 5.41 Å². The van der Waals surface area contributed by atoms with Gasteiger partial charge in [-0.15, -0.1) is 0 Å². The van der Waals surface area contributed by atoms with E-state index < -0.39 is 18.0 Å². The Kier molecular flexibility index (Phi) is 3.11. The van der Waals surface area contributed by atoms with Crippen molar-refractivity contribution in [2.75, 3.05) is 7.11 Å². The van der Waals surface area contributed by atoms with Crippen molar-refractivity contribution in [3.05, 3.63) is 11.9 Å². The van der Waals surface area contributed by atoms with Gasteiger partial charge < -0.3 is 20.9 Å². The van der Waals surface area contributed by atoms with E-state index in [-0.39, 0.29) is 11.4 Å². The van der Waals surface area contributed by atoms with Gasteiger partial charge in [0.1, 0.15) is 5.69 Å². The van der Waals surface area contributed by atoms with Gasteiger partial charge in [-0.3, -0.25) is 10.5 Å². The topological polar surface area (TPSA) is 137 Å². The molecule has 0 aliphatic heterocycles. The van der Waals surface area contributed by atoms with Crippen molar-refractivity contribution in [2.24, 2.45) is 5.73 Å². The number of hydrogen-bond acceptors (Lipinski definition) is 5. The molecule has 0 aliphatic rings. The molecule has 1 aromatic heterocycles. The molecule has 82 valence electrons. The molecule has 1 heterocycles. The summed E-state index contributed by atoms with van der Waals surface area (Å²) in [5, 5.41) is 24.7. The fourth-order valence-electron chi connectivity index (χ4n) is 1.02. The first-order valence-electron chi connectivity index (χ1n) is 3.97. The summed E-state index contributed by atoms with van der Waals surface area (Å²) in [5.41, 5.74) is 5.11. The van der Waals surface area contributed by atoms with E-state index in [1.54, 1.807) is 0 Å². The lowest BCUT2D eigenvalue weighted by Crippen LogP contribution is -2.38. The zero-order valence-electron chi connectivity index (χ0n) is 7.94. The lowest BCUT2D eigenvalue weighted by Gasteiger charge is -2.13. The Labute approximate surface area is 84.9 Å². The van der Waals surface area contributed by atoms with Crippen molar-refractivity contribution in [3.63, 3.8) is 0 Å². The minimum absolute atomic E-state index is 0.0250. The second-order valence-corrected chi connectivity index (χ2v) is 2.67. The largest absolute Gasteiger partial charge is 0.504 e. The van der Waals surface area contributed by atoms with Crippen molar-refractivity contribution in [3.8, 4) is 5.75 Å². The fraction of sp³-hybridized carbons (Fsp3) is 0.286. The fourth-order valence-corrected chi connectivity index (χ4v) is 1.02. The van der Waals surface area contributed by atoms with Gasteiger partial charge in [-0.2, -0.15) is 5.10 Å². The lowest BCUT2D eigenvalue weighted by atomic mass is 10.2. The van der Waals surface area contributed by atoms with Crippen molar-refractivity contribution >= 4 is 11.9 Å². The van der Waals surface area contributed by atoms with Crippen LogP contribution in [0.2, 0.25) is 0 Å². The Morgan fingerprint density at radius 1 is 1.87 bits per heavy atom. The summed E-state index contributed by atoms with van der Waals surface area (Å²) in [4.78, 5) is 11.3. The van der Waals surface area contributed by atoms with Crippen LogP contribution in [0.4, 0.5) is 0 Å². The van der Waals surface area contributed by atoms with E-state index in [0.29, 0.717) is 0 Å². The maximum absolute atomic E-state index is 11.3. The van der Waals surface area contributed by atoms with E-state index in [0.717, 1.165) is 0 Å². The Morgan fingerprint density at radius 3 is 2.93 bits per heavy atom. The van der Waals surface area contributed by atoms with Gasteiger partial charge in [0.2, 0.25) is 0 Å². The zero-order valence-corrected chi connectivity index (χ0v) is 7.94. The maximum Gasteiger partial charge on any atom is 0.334 e. The molecule has 0 aromatic carbocycles. The number of aromatic hydroxyl groups is 1. The lowest BCUT2D eigenvalue weighted by molar-refractivity contribution is -0.143. The predicted octanol–water partition coefficient (Wildman–Crippen LogP) is -1.19. The summed E-state index contributed by atoms with van der Waals surface area (Å²) in [6, 6.07) is -1.10. The zero-order chi connectivity index (χ0) is 11.4. The number of hydrogen-bond donors (Lipinski definition) is 5. The van der Waals surface area contributed by atoms with E-state index in [4.69, 9.17) is 11.1 Å². The summed E-state index contributed by atoms with van der Waals surface area (Å²) in [5.74, 6) is -1.33. The van der Waals surface area contributed by atoms with E-state index in [1.165, 1.54) is 13.3 Å². The minimum atomic E-state index is -1.10. The quantitative estimate of drug-likeness (QED) is 0.243. The molecule has 0 bridgehead atoms. The highest BCUT2D eigenvalue weighted by molar-refractivity contribution is 5.84. The summed E-state index contributed by atoms with van der Waals surface area (Å²) < 4.78 is 4.47. The number of nitrogens with one attached hydrogen (secondary N) is 3. The number of ether oxygens (including phenoxy) is 1. The number of aromatic nitrogens is 2. The van der Waals surface area contributed by atoms with Crippen LogP contribution in [-0.4, -0.2) is 34.3 Å². The predicted molar refractivity (Wildman–Crippen MR) is 50.1 cm³/mol. The number of carbonyl (C=O) groups is 1. The number of methoxy groups -OCH3 is 1. The maximum atomic E-state index is 11.3. The molecule has 15 heavy (non-hydrogen) atoms.